The van der Waals surface area contributed by atoms with Crippen molar-refractivity contribution in [2.24, 2.45) is 11.3 Å². The lowest BCUT2D eigenvalue weighted by atomic mass is 9.75. The van der Waals surface area contributed by atoms with Crippen molar-refractivity contribution in [2.75, 3.05) is 23.7 Å². The van der Waals surface area contributed by atoms with Crippen molar-refractivity contribution in [2.45, 2.75) is 27.7 Å². The average molecular weight is 218 g/mol. The van der Waals surface area contributed by atoms with Gasteiger partial charge in [-0.05, 0) is 36.0 Å². The van der Waals surface area contributed by atoms with E-state index in [1.807, 2.05) is 6.07 Å². The van der Waals surface area contributed by atoms with Crippen molar-refractivity contribution in [3.8, 4) is 0 Å². The van der Waals surface area contributed by atoms with Crippen LogP contribution in [0.2, 0.25) is 0 Å². The molecule has 0 spiro atoms. The second kappa shape index (κ2) is 3.69. The van der Waals surface area contributed by atoms with Gasteiger partial charge in [0.15, 0.2) is 0 Å². The zero-order chi connectivity index (χ0) is 11.9. The number of hydrogen-bond acceptors (Lipinski definition) is 2. The monoisotopic (exact) mass is 218 g/mol. The van der Waals surface area contributed by atoms with Crippen molar-refractivity contribution < 1.29 is 0 Å². The molecular weight excluding hydrogens is 196 g/mol. The van der Waals surface area contributed by atoms with Gasteiger partial charge in [0.25, 0.3) is 0 Å². The Morgan fingerprint density at radius 3 is 2.44 bits per heavy atom. The first-order chi connectivity index (χ1) is 7.38. The van der Waals surface area contributed by atoms with Gasteiger partial charge in [0.2, 0.25) is 0 Å². The molecule has 0 aromatic heterocycles. The number of anilines is 2. The fraction of sp³-hybridized carbons (Fsp3) is 0.571. The second-order valence-corrected chi connectivity index (χ2v) is 6.01. The Bertz CT molecular complexity index is 384. The summed E-state index contributed by atoms with van der Waals surface area (Å²) in [6.07, 6.45) is 0. The topological polar surface area (TPSA) is 29.3 Å². The number of nitrogen functional groups attached to an aromatic ring is 1. The van der Waals surface area contributed by atoms with E-state index in [4.69, 9.17) is 5.73 Å². The maximum atomic E-state index is 5.84. The maximum Gasteiger partial charge on any atom is 0.0416 e. The molecule has 0 atom stereocenters. The molecule has 1 aliphatic rings. The van der Waals surface area contributed by atoms with Crippen LogP contribution in [0.5, 0.6) is 0 Å². The summed E-state index contributed by atoms with van der Waals surface area (Å²) in [4.78, 5) is 2.43. The first-order valence-electron chi connectivity index (χ1n) is 5.99. The average Bonchev–Trinajstić information content (AvgIpc) is 2.06. The van der Waals surface area contributed by atoms with Crippen LogP contribution in [0.3, 0.4) is 0 Å². The molecular formula is C14H22N2. The van der Waals surface area contributed by atoms with E-state index in [9.17, 15) is 0 Å². The van der Waals surface area contributed by atoms with Crippen LogP contribution in [-0.2, 0) is 0 Å². The van der Waals surface area contributed by atoms with Gasteiger partial charge in [0.05, 0.1) is 0 Å². The fourth-order valence-electron chi connectivity index (χ4n) is 2.19. The number of hydrogen-bond donors (Lipinski definition) is 1. The molecule has 0 unspecified atom stereocenters. The molecule has 2 heteroatoms. The van der Waals surface area contributed by atoms with E-state index >= 15 is 0 Å². The van der Waals surface area contributed by atoms with E-state index < -0.39 is 0 Å². The Kier molecular flexibility index (Phi) is 2.61. The highest BCUT2D eigenvalue weighted by Crippen LogP contribution is 2.37. The molecule has 0 radical (unpaired) electrons. The van der Waals surface area contributed by atoms with Crippen molar-refractivity contribution in [3.05, 3.63) is 23.8 Å². The SMILES string of the molecule is Cc1ccc(N)cc1N1CC(C(C)(C)C)C1. The lowest BCUT2D eigenvalue weighted by Crippen LogP contribution is -2.52. The molecule has 0 aliphatic carbocycles. The third-order valence-corrected chi connectivity index (χ3v) is 3.68. The van der Waals surface area contributed by atoms with Crippen LogP contribution in [0, 0.1) is 18.3 Å². The molecule has 1 aromatic rings. The van der Waals surface area contributed by atoms with Crippen molar-refractivity contribution in [1.29, 1.82) is 0 Å². The molecule has 1 aromatic carbocycles. The van der Waals surface area contributed by atoms with Crippen LogP contribution in [0.4, 0.5) is 11.4 Å². The summed E-state index contributed by atoms with van der Waals surface area (Å²) in [5.74, 6) is 0.799. The predicted molar refractivity (Wildman–Crippen MR) is 70.7 cm³/mol. The summed E-state index contributed by atoms with van der Waals surface area (Å²) < 4.78 is 0. The predicted octanol–water partition coefficient (Wildman–Crippen LogP) is 3.06. The first-order valence-corrected chi connectivity index (χ1v) is 5.99. The van der Waals surface area contributed by atoms with E-state index in [-0.39, 0.29) is 0 Å². The molecule has 1 aliphatic heterocycles. The Morgan fingerprint density at radius 1 is 1.25 bits per heavy atom. The quantitative estimate of drug-likeness (QED) is 0.734. The number of rotatable bonds is 1. The molecule has 2 rings (SSSR count). The summed E-state index contributed by atoms with van der Waals surface area (Å²) >= 11 is 0. The highest BCUT2D eigenvalue weighted by molar-refractivity contribution is 5.62. The Hall–Kier alpha value is -1.18. The highest BCUT2D eigenvalue weighted by Gasteiger charge is 2.36. The van der Waals surface area contributed by atoms with Crippen LogP contribution < -0.4 is 10.6 Å². The molecule has 2 N–H and O–H groups in total. The highest BCUT2D eigenvalue weighted by atomic mass is 15.2. The second-order valence-electron chi connectivity index (χ2n) is 6.01. The zero-order valence-electron chi connectivity index (χ0n) is 10.7. The molecule has 1 heterocycles. The lowest BCUT2D eigenvalue weighted by Gasteiger charge is -2.48. The van der Waals surface area contributed by atoms with Crippen molar-refractivity contribution in [1.82, 2.24) is 0 Å². The molecule has 0 saturated carbocycles. The van der Waals surface area contributed by atoms with E-state index in [1.54, 1.807) is 0 Å². The van der Waals surface area contributed by atoms with Crippen molar-refractivity contribution in [3.63, 3.8) is 0 Å². The van der Waals surface area contributed by atoms with Gasteiger partial charge in [-0.1, -0.05) is 26.8 Å². The van der Waals surface area contributed by atoms with E-state index in [0.717, 1.165) is 24.7 Å². The standard InChI is InChI=1S/C14H22N2/c1-10-5-6-12(15)7-13(10)16-8-11(9-16)14(2,3)4/h5-7,11H,8-9,15H2,1-4H3. The van der Waals surface area contributed by atoms with Crippen LogP contribution in [0.1, 0.15) is 26.3 Å². The van der Waals surface area contributed by atoms with E-state index in [1.165, 1.54) is 11.3 Å². The van der Waals surface area contributed by atoms with Crippen LogP contribution in [0.25, 0.3) is 0 Å². The minimum atomic E-state index is 0.421. The van der Waals surface area contributed by atoms with Crippen LogP contribution in [0.15, 0.2) is 18.2 Å². The van der Waals surface area contributed by atoms with Gasteiger partial charge in [-0.25, -0.2) is 0 Å². The lowest BCUT2D eigenvalue weighted by molar-refractivity contribution is 0.195. The Balaban J connectivity index is 2.09. The molecule has 0 bridgehead atoms. The van der Waals surface area contributed by atoms with Gasteiger partial charge in [-0.2, -0.15) is 0 Å². The summed E-state index contributed by atoms with van der Waals surface area (Å²) in [6, 6.07) is 6.17. The summed E-state index contributed by atoms with van der Waals surface area (Å²) in [6.45, 7) is 11.4. The zero-order valence-corrected chi connectivity index (χ0v) is 10.7. The normalized spacial score (nSPS) is 17.4. The molecule has 1 fully saturated rings. The first kappa shape index (κ1) is 11.3. The van der Waals surface area contributed by atoms with Gasteiger partial charge in [-0.3, -0.25) is 0 Å². The summed E-state index contributed by atoms with van der Waals surface area (Å²) in [5.41, 5.74) is 9.75. The fourth-order valence-corrected chi connectivity index (χ4v) is 2.19. The molecule has 88 valence electrons. The maximum absolute atomic E-state index is 5.84. The van der Waals surface area contributed by atoms with Gasteiger partial charge < -0.3 is 10.6 Å². The number of aryl methyl sites for hydroxylation is 1. The third-order valence-electron chi connectivity index (χ3n) is 3.68. The third kappa shape index (κ3) is 2.01. The molecule has 1 saturated heterocycles. The van der Waals surface area contributed by atoms with Gasteiger partial charge in [0, 0.05) is 24.5 Å². The molecule has 0 amide bonds. The summed E-state index contributed by atoms with van der Waals surface area (Å²) in [7, 11) is 0. The summed E-state index contributed by atoms with van der Waals surface area (Å²) in [5, 5.41) is 0. The van der Waals surface area contributed by atoms with Gasteiger partial charge in [0.1, 0.15) is 0 Å². The van der Waals surface area contributed by atoms with E-state index in [0.29, 0.717) is 5.41 Å². The van der Waals surface area contributed by atoms with Crippen LogP contribution in [-0.4, -0.2) is 13.1 Å². The largest absolute Gasteiger partial charge is 0.399 e. The van der Waals surface area contributed by atoms with Crippen LogP contribution >= 0.6 is 0 Å². The van der Waals surface area contributed by atoms with Gasteiger partial charge >= 0.3 is 0 Å². The molecule has 2 nitrogen and oxygen atoms in total. The molecule has 16 heavy (non-hydrogen) atoms. The number of benzene rings is 1. The Labute approximate surface area is 98.4 Å². The number of nitrogens with zero attached hydrogens (tertiary/aromatic N) is 1. The van der Waals surface area contributed by atoms with Crippen molar-refractivity contribution >= 4 is 11.4 Å². The minimum Gasteiger partial charge on any atom is -0.399 e. The number of nitrogens with two attached hydrogens (primary N) is 1. The van der Waals surface area contributed by atoms with E-state index in [2.05, 4.69) is 44.7 Å². The van der Waals surface area contributed by atoms with Gasteiger partial charge in [-0.15, -0.1) is 0 Å². The Morgan fingerprint density at radius 2 is 1.88 bits per heavy atom. The smallest absolute Gasteiger partial charge is 0.0416 e. The minimum absolute atomic E-state index is 0.421.